The van der Waals surface area contributed by atoms with Crippen LogP contribution in [-0.4, -0.2) is 34.6 Å². The molecule has 9 heteroatoms. The molecule has 1 aliphatic carbocycles. The molecule has 0 unspecified atom stereocenters. The molecule has 2 aliphatic rings. The second-order valence-corrected chi connectivity index (χ2v) is 8.78. The van der Waals surface area contributed by atoms with E-state index in [9.17, 15) is 13.6 Å². The van der Waals surface area contributed by atoms with E-state index in [1.165, 1.54) is 12.1 Å². The van der Waals surface area contributed by atoms with Gasteiger partial charge in [0.1, 0.15) is 11.6 Å². The molecule has 2 fully saturated rings. The Morgan fingerprint density at radius 1 is 1.25 bits per heavy atom. The second-order valence-electron chi connectivity index (χ2n) is 8.78. The van der Waals surface area contributed by atoms with Crippen LogP contribution in [0, 0.1) is 6.92 Å². The average molecular weight is 446 g/mol. The molecule has 1 saturated carbocycles. The Balaban J connectivity index is 1.59. The van der Waals surface area contributed by atoms with Gasteiger partial charge in [-0.05, 0) is 38.3 Å². The SMILES string of the molecule is Cc1nc(CC(=O)NC2(C)CC2)c(C2OCCO2)c(NCc2cccc(C(C)(F)F)c2)n1. The first kappa shape index (κ1) is 22.5. The third kappa shape index (κ3) is 5.39. The lowest BCUT2D eigenvalue weighted by molar-refractivity contribution is -0.121. The van der Waals surface area contributed by atoms with Crippen LogP contribution in [0.15, 0.2) is 24.3 Å². The number of aromatic nitrogens is 2. The monoisotopic (exact) mass is 446 g/mol. The topological polar surface area (TPSA) is 85.4 Å². The molecule has 0 atom stereocenters. The van der Waals surface area contributed by atoms with Crippen molar-refractivity contribution in [2.75, 3.05) is 18.5 Å². The molecular weight excluding hydrogens is 418 g/mol. The van der Waals surface area contributed by atoms with Crippen LogP contribution in [0.4, 0.5) is 14.6 Å². The van der Waals surface area contributed by atoms with E-state index in [2.05, 4.69) is 20.6 Å². The molecule has 1 aliphatic heterocycles. The smallest absolute Gasteiger partial charge is 0.270 e. The number of ether oxygens (including phenoxy) is 2. The van der Waals surface area contributed by atoms with Crippen LogP contribution >= 0.6 is 0 Å². The van der Waals surface area contributed by atoms with Crippen molar-refractivity contribution in [2.45, 2.75) is 64.3 Å². The lowest BCUT2D eigenvalue weighted by atomic mass is 10.1. The number of carbonyl (C=O) groups excluding carboxylic acids is 1. The summed E-state index contributed by atoms with van der Waals surface area (Å²) in [6, 6.07) is 6.24. The van der Waals surface area contributed by atoms with Gasteiger partial charge in [-0.15, -0.1) is 0 Å². The van der Waals surface area contributed by atoms with Gasteiger partial charge in [0.05, 0.1) is 30.9 Å². The molecule has 1 aromatic carbocycles. The van der Waals surface area contributed by atoms with Gasteiger partial charge < -0.3 is 20.1 Å². The zero-order valence-corrected chi connectivity index (χ0v) is 18.5. The Bertz CT molecular complexity index is 999. The van der Waals surface area contributed by atoms with Crippen molar-refractivity contribution in [3.05, 3.63) is 52.5 Å². The lowest BCUT2D eigenvalue weighted by Crippen LogP contribution is -2.36. The van der Waals surface area contributed by atoms with Crippen LogP contribution in [-0.2, 0) is 33.2 Å². The van der Waals surface area contributed by atoms with Gasteiger partial charge in [-0.25, -0.2) is 18.7 Å². The van der Waals surface area contributed by atoms with E-state index in [-0.39, 0.29) is 30.0 Å². The number of hydrogen-bond donors (Lipinski definition) is 2. The summed E-state index contributed by atoms with van der Waals surface area (Å²) in [7, 11) is 0. The Labute approximate surface area is 185 Å². The molecule has 1 saturated heterocycles. The second kappa shape index (κ2) is 8.71. The highest BCUT2D eigenvalue weighted by Gasteiger charge is 2.39. The molecule has 0 radical (unpaired) electrons. The van der Waals surface area contributed by atoms with E-state index < -0.39 is 12.2 Å². The number of alkyl halides is 2. The molecule has 4 rings (SSSR count). The predicted octanol–water partition coefficient (Wildman–Crippen LogP) is 3.77. The Morgan fingerprint density at radius 3 is 2.62 bits per heavy atom. The van der Waals surface area contributed by atoms with Crippen LogP contribution in [0.25, 0.3) is 0 Å². The number of aryl methyl sites for hydroxylation is 1. The molecule has 0 spiro atoms. The molecule has 1 aromatic heterocycles. The van der Waals surface area contributed by atoms with E-state index in [1.54, 1.807) is 19.1 Å². The maximum absolute atomic E-state index is 13.7. The molecule has 2 heterocycles. The van der Waals surface area contributed by atoms with E-state index >= 15 is 0 Å². The zero-order chi connectivity index (χ0) is 22.9. The molecule has 32 heavy (non-hydrogen) atoms. The summed E-state index contributed by atoms with van der Waals surface area (Å²) in [5, 5.41) is 6.25. The fourth-order valence-corrected chi connectivity index (χ4v) is 3.67. The number of halogens is 2. The van der Waals surface area contributed by atoms with Crippen molar-refractivity contribution in [1.82, 2.24) is 15.3 Å². The quantitative estimate of drug-likeness (QED) is 0.642. The lowest BCUT2D eigenvalue weighted by Gasteiger charge is -2.20. The van der Waals surface area contributed by atoms with Crippen molar-refractivity contribution in [1.29, 1.82) is 0 Å². The van der Waals surface area contributed by atoms with Crippen molar-refractivity contribution in [3.63, 3.8) is 0 Å². The third-order valence-corrected chi connectivity index (χ3v) is 5.66. The summed E-state index contributed by atoms with van der Waals surface area (Å²) in [6.45, 7) is 5.75. The summed E-state index contributed by atoms with van der Waals surface area (Å²) in [5.74, 6) is -2.08. The number of rotatable bonds is 8. The minimum absolute atomic E-state index is 0.0516. The minimum atomic E-state index is -2.92. The van der Waals surface area contributed by atoms with E-state index in [0.717, 1.165) is 19.8 Å². The van der Waals surface area contributed by atoms with Gasteiger partial charge >= 0.3 is 0 Å². The number of carbonyl (C=O) groups is 1. The van der Waals surface area contributed by atoms with Crippen LogP contribution in [0.2, 0.25) is 0 Å². The first-order valence-electron chi connectivity index (χ1n) is 10.8. The van der Waals surface area contributed by atoms with Gasteiger partial charge in [0.25, 0.3) is 5.92 Å². The maximum atomic E-state index is 13.7. The highest BCUT2D eigenvalue weighted by atomic mass is 19.3. The molecule has 1 amide bonds. The summed E-state index contributed by atoms with van der Waals surface area (Å²) in [5.41, 5.74) is 1.60. The van der Waals surface area contributed by atoms with Gasteiger partial charge in [0, 0.05) is 24.6 Å². The van der Waals surface area contributed by atoms with Crippen LogP contribution < -0.4 is 10.6 Å². The van der Waals surface area contributed by atoms with E-state index in [0.29, 0.717) is 41.7 Å². The highest BCUT2D eigenvalue weighted by molar-refractivity contribution is 5.80. The zero-order valence-electron chi connectivity index (χ0n) is 18.5. The van der Waals surface area contributed by atoms with Gasteiger partial charge in [-0.3, -0.25) is 4.79 Å². The minimum Gasteiger partial charge on any atom is -0.365 e. The van der Waals surface area contributed by atoms with Gasteiger partial charge in [-0.2, -0.15) is 0 Å². The molecule has 7 nitrogen and oxygen atoms in total. The Kier molecular flexibility index (Phi) is 6.13. The van der Waals surface area contributed by atoms with Crippen LogP contribution in [0.3, 0.4) is 0 Å². The van der Waals surface area contributed by atoms with Crippen LogP contribution in [0.1, 0.15) is 61.2 Å². The van der Waals surface area contributed by atoms with Gasteiger partial charge in [0.2, 0.25) is 5.91 Å². The number of anilines is 1. The van der Waals surface area contributed by atoms with E-state index in [1.807, 2.05) is 6.92 Å². The summed E-state index contributed by atoms with van der Waals surface area (Å²) >= 11 is 0. The molecular formula is C23H28F2N4O3. The largest absolute Gasteiger partial charge is 0.365 e. The molecule has 172 valence electrons. The van der Waals surface area contributed by atoms with Crippen molar-refractivity contribution >= 4 is 11.7 Å². The summed E-state index contributed by atoms with van der Waals surface area (Å²) in [4.78, 5) is 21.6. The molecule has 2 aromatic rings. The number of benzene rings is 1. The highest BCUT2D eigenvalue weighted by Crippen LogP contribution is 2.35. The predicted molar refractivity (Wildman–Crippen MR) is 114 cm³/mol. The standard InChI is InChI=1S/C23H28F2N4O3/c1-14-27-17(12-18(30)29-22(2)7-8-22)19(21-31-9-10-32-21)20(28-14)26-13-15-5-4-6-16(11-15)23(3,24)25/h4-6,11,21H,7-10,12-13H2,1-3H3,(H,29,30)(H,26,27,28). The van der Waals surface area contributed by atoms with Crippen molar-refractivity contribution in [2.24, 2.45) is 0 Å². The van der Waals surface area contributed by atoms with Gasteiger partial charge in [-0.1, -0.05) is 18.2 Å². The number of nitrogens with one attached hydrogen (secondary N) is 2. The molecule has 0 bridgehead atoms. The number of amides is 1. The van der Waals surface area contributed by atoms with Gasteiger partial charge in [0.15, 0.2) is 6.29 Å². The normalized spacial score (nSPS) is 17.9. The number of nitrogens with zero attached hydrogens (tertiary/aromatic N) is 2. The fraction of sp³-hybridized carbons (Fsp3) is 0.522. The maximum Gasteiger partial charge on any atom is 0.270 e. The Morgan fingerprint density at radius 2 is 1.97 bits per heavy atom. The third-order valence-electron chi connectivity index (χ3n) is 5.66. The Hall–Kier alpha value is -2.65. The summed E-state index contributed by atoms with van der Waals surface area (Å²) < 4.78 is 38.8. The summed E-state index contributed by atoms with van der Waals surface area (Å²) in [6.07, 6.45) is 1.31. The number of hydrogen-bond acceptors (Lipinski definition) is 6. The van der Waals surface area contributed by atoms with Crippen molar-refractivity contribution in [3.8, 4) is 0 Å². The first-order chi connectivity index (χ1) is 15.1. The fourth-order valence-electron chi connectivity index (χ4n) is 3.67. The first-order valence-corrected chi connectivity index (χ1v) is 10.8. The molecule has 2 N–H and O–H groups in total. The average Bonchev–Trinajstić information content (AvgIpc) is 3.20. The van der Waals surface area contributed by atoms with E-state index in [4.69, 9.17) is 9.47 Å². The van der Waals surface area contributed by atoms with Crippen LogP contribution in [0.5, 0.6) is 0 Å². The van der Waals surface area contributed by atoms with Crippen molar-refractivity contribution < 1.29 is 23.0 Å².